The number of likely N-dealkylation sites (tertiary alicyclic amines) is 1. The highest BCUT2D eigenvalue weighted by atomic mass is 35.5. The van der Waals surface area contributed by atoms with Crippen molar-refractivity contribution in [3.05, 3.63) is 47.5 Å². The Kier molecular flexibility index (Phi) is 4.73. The fourth-order valence-corrected chi connectivity index (χ4v) is 4.64. The quantitative estimate of drug-likeness (QED) is 0.865. The molecule has 1 amide bonds. The third-order valence-electron chi connectivity index (χ3n) is 4.58. The first-order valence-corrected chi connectivity index (χ1v) is 9.61. The fourth-order valence-electron chi connectivity index (χ4n) is 3.43. The van der Waals surface area contributed by atoms with Crippen LogP contribution in [-0.2, 0) is 4.79 Å². The Morgan fingerprint density at radius 2 is 2.00 bits per heavy atom. The number of aliphatic hydroxyl groups excluding tert-OH is 1. The first-order valence-electron chi connectivity index (χ1n) is 8.41. The molecule has 130 valence electrons. The number of anilines is 2. The van der Waals surface area contributed by atoms with Crippen molar-refractivity contribution in [2.75, 3.05) is 24.5 Å². The summed E-state index contributed by atoms with van der Waals surface area (Å²) in [5.74, 6) is 0.00497. The van der Waals surface area contributed by atoms with E-state index in [1.54, 1.807) is 16.7 Å². The standard InChI is InChI=1S/C19H19ClN2O2S/c20-13-7-8-18-16(10-13)22(15-5-1-2-6-17(15)25-18)19(24)12-21-9-3-4-14(23)11-21/h1-2,5-8,10,14,23H,3-4,9,11-12H2/t14-/m0/s1. The van der Waals surface area contributed by atoms with Gasteiger partial charge in [-0.15, -0.1) is 0 Å². The van der Waals surface area contributed by atoms with Crippen LogP contribution in [0.4, 0.5) is 11.4 Å². The number of fused-ring (bicyclic) bond motifs is 2. The van der Waals surface area contributed by atoms with Crippen LogP contribution in [0.1, 0.15) is 12.8 Å². The number of halogens is 1. The van der Waals surface area contributed by atoms with E-state index in [0.717, 1.165) is 40.6 Å². The van der Waals surface area contributed by atoms with Crippen LogP contribution >= 0.6 is 23.4 Å². The monoisotopic (exact) mass is 374 g/mol. The number of carbonyl (C=O) groups excluding carboxylic acids is 1. The third-order valence-corrected chi connectivity index (χ3v) is 5.94. The number of rotatable bonds is 2. The minimum atomic E-state index is -0.340. The summed E-state index contributed by atoms with van der Waals surface area (Å²) in [6.45, 7) is 1.69. The Hall–Kier alpha value is -1.53. The molecule has 1 atom stereocenters. The molecule has 25 heavy (non-hydrogen) atoms. The van der Waals surface area contributed by atoms with E-state index in [1.807, 2.05) is 47.4 Å². The summed E-state index contributed by atoms with van der Waals surface area (Å²) in [7, 11) is 0. The molecule has 0 aliphatic carbocycles. The van der Waals surface area contributed by atoms with Gasteiger partial charge in [0.25, 0.3) is 0 Å². The molecule has 0 bridgehead atoms. The van der Waals surface area contributed by atoms with Crippen molar-refractivity contribution in [2.24, 2.45) is 0 Å². The molecule has 1 N–H and O–H groups in total. The Morgan fingerprint density at radius 1 is 1.20 bits per heavy atom. The SMILES string of the molecule is O=C(CN1CCC[C@H](O)C1)N1c2ccccc2Sc2ccc(Cl)cc21. The molecule has 2 aromatic rings. The maximum atomic E-state index is 13.2. The lowest BCUT2D eigenvalue weighted by molar-refractivity contribution is -0.119. The zero-order valence-corrected chi connectivity index (χ0v) is 15.3. The van der Waals surface area contributed by atoms with Crippen molar-refractivity contribution in [3.63, 3.8) is 0 Å². The van der Waals surface area contributed by atoms with Gasteiger partial charge < -0.3 is 5.11 Å². The molecule has 4 rings (SSSR count). The lowest BCUT2D eigenvalue weighted by Gasteiger charge is -2.34. The Labute approximate surface area is 156 Å². The summed E-state index contributed by atoms with van der Waals surface area (Å²) in [6.07, 6.45) is 1.39. The third kappa shape index (κ3) is 3.42. The van der Waals surface area contributed by atoms with E-state index < -0.39 is 0 Å². The number of nitrogens with zero attached hydrogens (tertiary/aromatic N) is 2. The van der Waals surface area contributed by atoms with Crippen molar-refractivity contribution in [1.29, 1.82) is 0 Å². The lowest BCUT2D eigenvalue weighted by Crippen LogP contribution is -2.45. The second-order valence-corrected chi connectivity index (χ2v) is 7.96. The van der Waals surface area contributed by atoms with Crippen molar-refractivity contribution < 1.29 is 9.90 Å². The highest BCUT2D eigenvalue weighted by Gasteiger charge is 2.30. The Bertz CT molecular complexity index is 814. The van der Waals surface area contributed by atoms with Crippen molar-refractivity contribution in [1.82, 2.24) is 4.90 Å². The van der Waals surface area contributed by atoms with Gasteiger partial charge in [0.05, 0.1) is 24.0 Å². The topological polar surface area (TPSA) is 43.8 Å². The van der Waals surface area contributed by atoms with E-state index in [2.05, 4.69) is 0 Å². The van der Waals surface area contributed by atoms with Gasteiger partial charge >= 0.3 is 0 Å². The number of carbonyl (C=O) groups is 1. The number of hydrogen-bond acceptors (Lipinski definition) is 4. The van der Waals surface area contributed by atoms with Crippen LogP contribution in [0.15, 0.2) is 52.3 Å². The van der Waals surface area contributed by atoms with Crippen molar-refractivity contribution in [2.45, 2.75) is 28.7 Å². The molecule has 4 nitrogen and oxygen atoms in total. The molecule has 6 heteroatoms. The molecule has 2 aliphatic heterocycles. The van der Waals surface area contributed by atoms with Crippen LogP contribution in [0.5, 0.6) is 0 Å². The first-order chi connectivity index (χ1) is 12.1. The van der Waals surface area contributed by atoms with E-state index in [0.29, 0.717) is 18.1 Å². The van der Waals surface area contributed by atoms with Gasteiger partial charge in [-0.1, -0.05) is 35.5 Å². The summed E-state index contributed by atoms with van der Waals surface area (Å²) in [5, 5.41) is 10.5. The largest absolute Gasteiger partial charge is 0.392 e. The summed E-state index contributed by atoms with van der Waals surface area (Å²) in [5.41, 5.74) is 1.73. The predicted octanol–water partition coefficient (Wildman–Crippen LogP) is 3.93. The van der Waals surface area contributed by atoms with Gasteiger partial charge in [0.15, 0.2) is 0 Å². The summed E-state index contributed by atoms with van der Waals surface area (Å²) < 4.78 is 0. The summed E-state index contributed by atoms with van der Waals surface area (Å²) in [6, 6.07) is 13.6. The van der Waals surface area contributed by atoms with E-state index in [9.17, 15) is 9.90 Å². The first kappa shape index (κ1) is 16.9. The average Bonchev–Trinajstić information content (AvgIpc) is 2.59. The molecular weight excluding hydrogens is 356 g/mol. The molecule has 0 aromatic heterocycles. The minimum absolute atomic E-state index is 0.00497. The average molecular weight is 375 g/mol. The van der Waals surface area contributed by atoms with E-state index in [4.69, 9.17) is 11.6 Å². The summed E-state index contributed by atoms with van der Waals surface area (Å²) >= 11 is 7.85. The molecule has 0 spiro atoms. The van der Waals surface area contributed by atoms with E-state index in [-0.39, 0.29) is 12.0 Å². The van der Waals surface area contributed by atoms with E-state index >= 15 is 0 Å². The van der Waals surface area contributed by atoms with Crippen LogP contribution in [0, 0.1) is 0 Å². The summed E-state index contributed by atoms with van der Waals surface area (Å²) in [4.78, 5) is 19.0. The zero-order valence-electron chi connectivity index (χ0n) is 13.7. The number of amides is 1. The minimum Gasteiger partial charge on any atom is -0.392 e. The number of piperidine rings is 1. The Morgan fingerprint density at radius 3 is 2.84 bits per heavy atom. The van der Waals surface area contributed by atoms with Gasteiger partial charge in [-0.3, -0.25) is 14.6 Å². The lowest BCUT2D eigenvalue weighted by atomic mass is 10.1. The second kappa shape index (κ2) is 7.00. The smallest absolute Gasteiger partial charge is 0.245 e. The second-order valence-electron chi connectivity index (χ2n) is 6.44. The van der Waals surface area contributed by atoms with Gasteiger partial charge in [-0.25, -0.2) is 0 Å². The number of benzene rings is 2. The van der Waals surface area contributed by atoms with Crippen molar-refractivity contribution >= 4 is 40.6 Å². The zero-order chi connectivity index (χ0) is 17.4. The molecule has 0 saturated carbocycles. The Balaban J connectivity index is 1.68. The van der Waals surface area contributed by atoms with Crippen LogP contribution in [0.25, 0.3) is 0 Å². The molecule has 2 heterocycles. The highest BCUT2D eigenvalue weighted by Crippen LogP contribution is 2.48. The van der Waals surface area contributed by atoms with Crippen LogP contribution in [0.2, 0.25) is 5.02 Å². The number of aliphatic hydroxyl groups is 1. The van der Waals surface area contributed by atoms with Gasteiger partial charge in [0.2, 0.25) is 5.91 Å². The van der Waals surface area contributed by atoms with Gasteiger partial charge in [0.1, 0.15) is 0 Å². The number of para-hydroxylation sites is 1. The molecule has 1 saturated heterocycles. The van der Waals surface area contributed by atoms with Crippen LogP contribution in [-0.4, -0.2) is 41.7 Å². The fraction of sp³-hybridized carbons (Fsp3) is 0.316. The van der Waals surface area contributed by atoms with Crippen molar-refractivity contribution in [3.8, 4) is 0 Å². The molecular formula is C19H19ClN2O2S. The molecule has 2 aliphatic rings. The molecule has 2 aromatic carbocycles. The number of β-amino-alcohol motifs (C(OH)–C–C–N with tert-alkyl or cyclic N) is 1. The van der Waals surface area contributed by atoms with Crippen LogP contribution in [0.3, 0.4) is 0 Å². The maximum Gasteiger partial charge on any atom is 0.245 e. The normalized spacial score (nSPS) is 20.1. The molecule has 0 unspecified atom stereocenters. The highest BCUT2D eigenvalue weighted by molar-refractivity contribution is 7.99. The van der Waals surface area contributed by atoms with E-state index in [1.165, 1.54) is 0 Å². The predicted molar refractivity (Wildman–Crippen MR) is 101 cm³/mol. The number of hydrogen-bond donors (Lipinski definition) is 1. The maximum absolute atomic E-state index is 13.2. The van der Waals surface area contributed by atoms with Gasteiger partial charge in [0, 0.05) is 21.4 Å². The van der Waals surface area contributed by atoms with Crippen LogP contribution < -0.4 is 4.90 Å². The molecule has 1 fully saturated rings. The van der Waals surface area contributed by atoms with Gasteiger partial charge in [-0.05, 0) is 49.7 Å². The van der Waals surface area contributed by atoms with Gasteiger partial charge in [-0.2, -0.15) is 0 Å². The molecule has 0 radical (unpaired) electrons.